The average Bonchev–Trinajstić information content (AvgIpc) is 2.70. The van der Waals surface area contributed by atoms with Gasteiger partial charge in [-0.3, -0.25) is 4.79 Å². The van der Waals surface area contributed by atoms with Crippen molar-refractivity contribution in [1.82, 2.24) is 4.31 Å². The third-order valence-corrected chi connectivity index (χ3v) is 5.86. The standard InChI is InChI=1S/C20H23NO6S/c1-21(2)28(23,24)16-9-7-15(8-10-16)17(22)11-6-14-12-18(25-3)20(27-5)19(13-14)26-4/h6-13H,1-5H3/b11-6+. The van der Waals surface area contributed by atoms with Gasteiger partial charge >= 0.3 is 0 Å². The third-order valence-electron chi connectivity index (χ3n) is 4.03. The van der Waals surface area contributed by atoms with E-state index in [1.165, 1.54) is 65.8 Å². The van der Waals surface area contributed by atoms with Crippen LogP contribution in [-0.4, -0.2) is 53.9 Å². The summed E-state index contributed by atoms with van der Waals surface area (Å²) in [6.07, 6.45) is 3.02. The van der Waals surface area contributed by atoms with E-state index < -0.39 is 10.0 Å². The van der Waals surface area contributed by atoms with Crippen molar-refractivity contribution in [1.29, 1.82) is 0 Å². The van der Waals surface area contributed by atoms with Crippen LogP contribution in [0.1, 0.15) is 15.9 Å². The molecule has 0 bridgehead atoms. The normalized spacial score (nSPS) is 11.6. The van der Waals surface area contributed by atoms with Crippen LogP contribution in [0.15, 0.2) is 47.4 Å². The molecule has 0 saturated heterocycles. The van der Waals surface area contributed by atoms with E-state index in [4.69, 9.17) is 14.2 Å². The van der Waals surface area contributed by atoms with Gasteiger partial charge in [0.2, 0.25) is 15.8 Å². The molecule has 0 unspecified atom stereocenters. The average molecular weight is 405 g/mol. The minimum absolute atomic E-state index is 0.127. The van der Waals surface area contributed by atoms with Gasteiger partial charge < -0.3 is 14.2 Å². The summed E-state index contributed by atoms with van der Waals surface area (Å²) in [5.41, 5.74) is 1.07. The van der Waals surface area contributed by atoms with Crippen LogP contribution in [0.5, 0.6) is 17.2 Å². The number of benzene rings is 2. The Kier molecular flexibility index (Phi) is 6.82. The first-order valence-corrected chi connectivity index (χ1v) is 9.73. The number of allylic oxidation sites excluding steroid dienone is 1. The van der Waals surface area contributed by atoms with Gasteiger partial charge in [-0.05, 0) is 48.0 Å². The van der Waals surface area contributed by atoms with Gasteiger partial charge in [0.1, 0.15) is 0 Å². The van der Waals surface area contributed by atoms with Crippen molar-refractivity contribution in [3.8, 4) is 17.2 Å². The first-order valence-electron chi connectivity index (χ1n) is 8.29. The molecule has 0 atom stereocenters. The van der Waals surface area contributed by atoms with Crippen LogP contribution >= 0.6 is 0 Å². The third kappa shape index (κ3) is 4.52. The van der Waals surface area contributed by atoms with Crippen LogP contribution < -0.4 is 14.2 Å². The topological polar surface area (TPSA) is 82.1 Å². The summed E-state index contributed by atoms with van der Waals surface area (Å²) in [6, 6.07) is 9.23. The number of nitrogens with zero attached hydrogens (tertiary/aromatic N) is 1. The van der Waals surface area contributed by atoms with E-state index in [0.29, 0.717) is 28.4 Å². The summed E-state index contributed by atoms with van der Waals surface area (Å²) in [6.45, 7) is 0. The predicted octanol–water partition coefficient (Wildman–Crippen LogP) is 2.86. The second-order valence-electron chi connectivity index (χ2n) is 5.97. The van der Waals surface area contributed by atoms with Gasteiger partial charge in [0.25, 0.3) is 0 Å². The molecular weight excluding hydrogens is 382 g/mol. The zero-order valence-corrected chi connectivity index (χ0v) is 17.2. The summed E-state index contributed by atoms with van der Waals surface area (Å²) >= 11 is 0. The van der Waals surface area contributed by atoms with E-state index in [-0.39, 0.29) is 10.7 Å². The number of ether oxygens (including phenoxy) is 3. The van der Waals surface area contributed by atoms with Crippen molar-refractivity contribution in [2.75, 3.05) is 35.4 Å². The molecule has 2 aromatic carbocycles. The lowest BCUT2D eigenvalue weighted by Gasteiger charge is -2.12. The number of methoxy groups -OCH3 is 3. The zero-order valence-electron chi connectivity index (χ0n) is 16.4. The lowest BCUT2D eigenvalue weighted by molar-refractivity contribution is 0.104. The Morgan fingerprint density at radius 1 is 0.929 bits per heavy atom. The van der Waals surface area contributed by atoms with Gasteiger partial charge in [-0.15, -0.1) is 0 Å². The molecule has 0 heterocycles. The number of carbonyl (C=O) groups is 1. The number of carbonyl (C=O) groups excluding carboxylic acids is 1. The fourth-order valence-corrected chi connectivity index (χ4v) is 3.37. The maximum atomic E-state index is 12.4. The van der Waals surface area contributed by atoms with Gasteiger partial charge in [-0.2, -0.15) is 0 Å². The Morgan fingerprint density at radius 2 is 1.46 bits per heavy atom. The van der Waals surface area contributed by atoms with Crippen molar-refractivity contribution in [3.63, 3.8) is 0 Å². The lowest BCUT2D eigenvalue weighted by Crippen LogP contribution is -2.22. The predicted molar refractivity (Wildman–Crippen MR) is 107 cm³/mol. The maximum Gasteiger partial charge on any atom is 0.242 e. The molecule has 8 heteroatoms. The van der Waals surface area contributed by atoms with E-state index in [0.717, 1.165) is 4.31 Å². The van der Waals surface area contributed by atoms with Crippen LogP contribution in [-0.2, 0) is 10.0 Å². The van der Waals surface area contributed by atoms with Gasteiger partial charge in [-0.25, -0.2) is 12.7 Å². The summed E-state index contributed by atoms with van der Waals surface area (Å²) < 4.78 is 41.2. The number of hydrogen-bond donors (Lipinski definition) is 0. The largest absolute Gasteiger partial charge is 0.493 e. The van der Waals surface area contributed by atoms with Crippen molar-refractivity contribution >= 4 is 21.9 Å². The van der Waals surface area contributed by atoms with Crippen molar-refractivity contribution in [2.24, 2.45) is 0 Å². The van der Waals surface area contributed by atoms with Crippen LogP contribution in [0.4, 0.5) is 0 Å². The summed E-state index contributed by atoms with van der Waals surface area (Å²) in [4.78, 5) is 12.5. The Morgan fingerprint density at radius 3 is 1.89 bits per heavy atom. The minimum atomic E-state index is -3.53. The molecule has 0 fully saturated rings. The molecule has 0 N–H and O–H groups in total. The zero-order chi connectivity index (χ0) is 20.9. The molecule has 2 rings (SSSR count). The second-order valence-corrected chi connectivity index (χ2v) is 8.12. The number of ketones is 1. The Balaban J connectivity index is 2.27. The van der Waals surface area contributed by atoms with Gasteiger partial charge in [-0.1, -0.05) is 6.08 Å². The van der Waals surface area contributed by atoms with Crippen molar-refractivity contribution < 1.29 is 27.4 Å². The monoisotopic (exact) mass is 405 g/mol. The molecule has 0 spiro atoms. The Labute approximate surface area is 165 Å². The highest BCUT2D eigenvalue weighted by Crippen LogP contribution is 2.38. The van der Waals surface area contributed by atoms with Crippen LogP contribution in [0.3, 0.4) is 0 Å². The lowest BCUT2D eigenvalue weighted by atomic mass is 10.1. The number of hydrogen-bond acceptors (Lipinski definition) is 6. The van der Waals surface area contributed by atoms with Crippen LogP contribution in [0, 0.1) is 0 Å². The quantitative estimate of drug-likeness (QED) is 0.496. The number of sulfonamides is 1. The van der Waals surface area contributed by atoms with E-state index in [2.05, 4.69) is 0 Å². The highest BCUT2D eigenvalue weighted by molar-refractivity contribution is 7.89. The van der Waals surface area contributed by atoms with E-state index in [1.54, 1.807) is 18.2 Å². The molecule has 0 amide bonds. The first kappa shape index (κ1) is 21.5. The molecule has 0 aromatic heterocycles. The van der Waals surface area contributed by atoms with E-state index in [1.807, 2.05) is 0 Å². The molecule has 0 aliphatic carbocycles. The Hall–Kier alpha value is -2.84. The van der Waals surface area contributed by atoms with Crippen molar-refractivity contribution in [3.05, 3.63) is 53.6 Å². The van der Waals surface area contributed by atoms with E-state index in [9.17, 15) is 13.2 Å². The second kappa shape index (κ2) is 8.90. The van der Waals surface area contributed by atoms with Gasteiger partial charge in [0.05, 0.1) is 26.2 Å². The molecule has 28 heavy (non-hydrogen) atoms. The summed E-state index contributed by atoms with van der Waals surface area (Å²) in [7, 11) is 3.91. The molecule has 2 aromatic rings. The first-order chi connectivity index (χ1) is 13.2. The highest BCUT2D eigenvalue weighted by Gasteiger charge is 2.17. The Bertz CT molecular complexity index is 953. The van der Waals surface area contributed by atoms with Gasteiger partial charge in [0.15, 0.2) is 17.3 Å². The molecule has 0 saturated carbocycles. The molecule has 0 aliphatic rings. The summed E-state index contributed by atoms with van der Waals surface area (Å²) in [5.74, 6) is 1.16. The SMILES string of the molecule is COc1cc(/C=C/C(=O)c2ccc(S(=O)(=O)N(C)C)cc2)cc(OC)c1OC. The highest BCUT2D eigenvalue weighted by atomic mass is 32.2. The summed E-state index contributed by atoms with van der Waals surface area (Å²) in [5, 5.41) is 0. The van der Waals surface area contributed by atoms with Crippen LogP contribution in [0.25, 0.3) is 6.08 Å². The minimum Gasteiger partial charge on any atom is -0.493 e. The molecule has 0 aliphatic heterocycles. The fraction of sp³-hybridized carbons (Fsp3) is 0.250. The van der Waals surface area contributed by atoms with Crippen LogP contribution in [0.2, 0.25) is 0 Å². The molecule has 150 valence electrons. The smallest absolute Gasteiger partial charge is 0.242 e. The molecular formula is C20H23NO6S. The molecule has 7 nitrogen and oxygen atoms in total. The van der Waals surface area contributed by atoms with Crippen molar-refractivity contribution in [2.45, 2.75) is 4.90 Å². The fourth-order valence-electron chi connectivity index (χ4n) is 2.47. The van der Waals surface area contributed by atoms with E-state index >= 15 is 0 Å². The molecule has 0 radical (unpaired) electrons. The maximum absolute atomic E-state index is 12.4. The van der Waals surface area contributed by atoms with Gasteiger partial charge in [0, 0.05) is 19.7 Å². The number of rotatable bonds is 8.